The summed E-state index contributed by atoms with van der Waals surface area (Å²) in [7, 11) is 0. The second-order valence-electron chi connectivity index (χ2n) is 6.58. The van der Waals surface area contributed by atoms with Crippen LogP contribution in [0.1, 0.15) is 49.4 Å². The zero-order chi connectivity index (χ0) is 20.4. The fourth-order valence-corrected chi connectivity index (χ4v) is 3.03. The van der Waals surface area contributed by atoms with Crippen LogP contribution in [0.4, 0.5) is 0 Å². The van der Waals surface area contributed by atoms with Crippen molar-refractivity contribution in [3.8, 4) is 11.5 Å². The lowest BCUT2D eigenvalue weighted by atomic mass is 10.2. The zero-order valence-corrected chi connectivity index (χ0v) is 16.2. The van der Waals surface area contributed by atoms with Crippen LogP contribution in [0, 0.1) is 0 Å². The smallest absolute Gasteiger partial charge is 0.341 e. The van der Waals surface area contributed by atoms with Crippen molar-refractivity contribution in [1.82, 2.24) is 10.2 Å². The molecule has 8 nitrogen and oxygen atoms in total. The van der Waals surface area contributed by atoms with Crippen molar-refractivity contribution >= 4 is 17.8 Å². The standard InChI is InChI=1S/C20H28N2O6/c1-2-27-17-13-15(8-9-16(17)28-14-19(24)25)20(26)21-10-6-12-22-11-5-3-4-7-18(22)23/h8-9,13H,2-7,10-12,14H2,1H3,(H,21,26)(H,24,25). The van der Waals surface area contributed by atoms with Gasteiger partial charge in [0.15, 0.2) is 18.1 Å². The highest BCUT2D eigenvalue weighted by molar-refractivity contribution is 5.94. The van der Waals surface area contributed by atoms with E-state index in [0.717, 1.165) is 25.8 Å². The number of rotatable bonds is 10. The van der Waals surface area contributed by atoms with Gasteiger partial charge in [-0.3, -0.25) is 9.59 Å². The van der Waals surface area contributed by atoms with E-state index in [2.05, 4.69) is 5.32 Å². The monoisotopic (exact) mass is 392 g/mol. The molecule has 0 atom stereocenters. The third kappa shape index (κ3) is 6.75. The molecule has 0 bridgehead atoms. The maximum atomic E-state index is 12.4. The number of aliphatic carboxylic acids is 1. The lowest BCUT2D eigenvalue weighted by Crippen LogP contribution is -2.34. The molecule has 0 aromatic heterocycles. The first kappa shape index (κ1) is 21.5. The summed E-state index contributed by atoms with van der Waals surface area (Å²) in [5, 5.41) is 11.6. The molecular weight excluding hydrogens is 364 g/mol. The van der Waals surface area contributed by atoms with Crippen LogP contribution in [-0.2, 0) is 9.59 Å². The van der Waals surface area contributed by atoms with Gasteiger partial charge in [-0.15, -0.1) is 0 Å². The van der Waals surface area contributed by atoms with Crippen molar-refractivity contribution < 1.29 is 29.0 Å². The van der Waals surface area contributed by atoms with Gasteiger partial charge in [0.05, 0.1) is 6.61 Å². The number of carboxylic acid groups (broad SMARTS) is 1. The predicted molar refractivity (Wildman–Crippen MR) is 103 cm³/mol. The lowest BCUT2D eigenvalue weighted by molar-refractivity contribution is -0.139. The Bertz CT molecular complexity index is 691. The molecule has 1 aromatic carbocycles. The van der Waals surface area contributed by atoms with Crippen LogP contribution in [0.25, 0.3) is 0 Å². The highest BCUT2D eigenvalue weighted by Gasteiger charge is 2.16. The molecular formula is C20H28N2O6. The van der Waals surface area contributed by atoms with E-state index in [9.17, 15) is 14.4 Å². The van der Waals surface area contributed by atoms with E-state index in [1.54, 1.807) is 13.0 Å². The lowest BCUT2D eigenvalue weighted by Gasteiger charge is -2.20. The normalized spacial score (nSPS) is 14.3. The molecule has 1 aliphatic heterocycles. The van der Waals surface area contributed by atoms with Gasteiger partial charge in [0, 0.05) is 31.6 Å². The highest BCUT2D eigenvalue weighted by Crippen LogP contribution is 2.28. The summed E-state index contributed by atoms with van der Waals surface area (Å²) in [4.78, 5) is 36.9. The second kappa shape index (κ2) is 11.2. The van der Waals surface area contributed by atoms with Gasteiger partial charge >= 0.3 is 5.97 Å². The molecule has 2 rings (SSSR count). The molecule has 0 saturated carbocycles. The van der Waals surface area contributed by atoms with E-state index in [4.69, 9.17) is 14.6 Å². The Labute approximate surface area is 164 Å². The van der Waals surface area contributed by atoms with Crippen molar-refractivity contribution in [2.24, 2.45) is 0 Å². The van der Waals surface area contributed by atoms with Crippen molar-refractivity contribution in [1.29, 1.82) is 0 Å². The largest absolute Gasteiger partial charge is 0.490 e. The number of ether oxygens (including phenoxy) is 2. The van der Waals surface area contributed by atoms with E-state index in [-0.39, 0.29) is 17.6 Å². The molecule has 1 fully saturated rings. The van der Waals surface area contributed by atoms with Crippen LogP contribution in [0.3, 0.4) is 0 Å². The molecule has 1 heterocycles. The van der Waals surface area contributed by atoms with Gasteiger partial charge in [-0.25, -0.2) is 4.79 Å². The van der Waals surface area contributed by atoms with Gasteiger partial charge in [-0.2, -0.15) is 0 Å². The minimum Gasteiger partial charge on any atom is -0.490 e. The van der Waals surface area contributed by atoms with Crippen molar-refractivity contribution in [3.05, 3.63) is 23.8 Å². The van der Waals surface area contributed by atoms with E-state index in [1.165, 1.54) is 12.1 Å². The topological polar surface area (TPSA) is 105 Å². The number of carbonyl (C=O) groups excluding carboxylic acids is 2. The Morgan fingerprint density at radius 2 is 2.00 bits per heavy atom. The van der Waals surface area contributed by atoms with Crippen LogP contribution in [0.2, 0.25) is 0 Å². The maximum absolute atomic E-state index is 12.4. The molecule has 1 aromatic rings. The predicted octanol–water partition coefficient (Wildman–Crippen LogP) is 2.07. The average molecular weight is 392 g/mol. The van der Waals surface area contributed by atoms with Crippen LogP contribution in [0.5, 0.6) is 11.5 Å². The Kier molecular flexibility index (Phi) is 8.58. The number of carboxylic acids is 1. The Balaban J connectivity index is 1.86. The van der Waals surface area contributed by atoms with Gasteiger partial charge < -0.3 is 24.8 Å². The first-order chi connectivity index (χ1) is 13.5. The number of amides is 2. The van der Waals surface area contributed by atoms with Crippen molar-refractivity contribution in [2.45, 2.75) is 39.0 Å². The number of hydrogen-bond acceptors (Lipinski definition) is 5. The summed E-state index contributed by atoms with van der Waals surface area (Å²) in [5.41, 5.74) is 0.400. The zero-order valence-electron chi connectivity index (χ0n) is 16.2. The Hall–Kier alpha value is -2.77. The number of hydrogen-bond donors (Lipinski definition) is 2. The SMILES string of the molecule is CCOc1cc(C(=O)NCCCN2CCCCCC2=O)ccc1OCC(=O)O. The number of benzene rings is 1. The van der Waals surface area contributed by atoms with Gasteiger partial charge in [-0.1, -0.05) is 6.42 Å². The van der Waals surface area contributed by atoms with E-state index in [1.807, 2.05) is 4.90 Å². The minimum absolute atomic E-state index is 0.196. The quantitative estimate of drug-likeness (QED) is 0.591. The summed E-state index contributed by atoms with van der Waals surface area (Å²) in [6, 6.07) is 4.63. The molecule has 1 aliphatic rings. The highest BCUT2D eigenvalue weighted by atomic mass is 16.5. The van der Waals surface area contributed by atoms with Crippen LogP contribution >= 0.6 is 0 Å². The molecule has 8 heteroatoms. The number of carbonyl (C=O) groups is 3. The molecule has 2 amide bonds. The summed E-state index contributed by atoms with van der Waals surface area (Å²) >= 11 is 0. The third-order valence-corrected chi connectivity index (χ3v) is 4.42. The van der Waals surface area contributed by atoms with Gasteiger partial charge in [0.1, 0.15) is 0 Å². The molecule has 0 unspecified atom stereocenters. The molecule has 2 N–H and O–H groups in total. The van der Waals surface area contributed by atoms with E-state index < -0.39 is 12.6 Å². The first-order valence-corrected chi connectivity index (χ1v) is 9.68. The Morgan fingerprint density at radius 1 is 1.18 bits per heavy atom. The maximum Gasteiger partial charge on any atom is 0.341 e. The Morgan fingerprint density at radius 3 is 2.75 bits per heavy atom. The van der Waals surface area contributed by atoms with Gasteiger partial charge in [0.25, 0.3) is 5.91 Å². The molecule has 0 spiro atoms. The second-order valence-corrected chi connectivity index (χ2v) is 6.58. The van der Waals surface area contributed by atoms with Gasteiger partial charge in [-0.05, 0) is 44.4 Å². The molecule has 1 saturated heterocycles. The van der Waals surface area contributed by atoms with Crippen LogP contribution in [-0.4, -0.2) is 60.6 Å². The molecule has 154 valence electrons. The number of nitrogens with one attached hydrogen (secondary N) is 1. The minimum atomic E-state index is -1.09. The van der Waals surface area contributed by atoms with Crippen molar-refractivity contribution in [3.63, 3.8) is 0 Å². The first-order valence-electron chi connectivity index (χ1n) is 9.68. The average Bonchev–Trinajstić information content (AvgIpc) is 2.88. The van der Waals surface area contributed by atoms with E-state index in [0.29, 0.717) is 43.9 Å². The summed E-state index contributed by atoms with van der Waals surface area (Å²) in [6.45, 7) is 3.56. The van der Waals surface area contributed by atoms with E-state index >= 15 is 0 Å². The third-order valence-electron chi connectivity index (χ3n) is 4.42. The van der Waals surface area contributed by atoms with Gasteiger partial charge in [0.2, 0.25) is 5.91 Å². The fourth-order valence-electron chi connectivity index (χ4n) is 3.03. The molecule has 28 heavy (non-hydrogen) atoms. The summed E-state index contributed by atoms with van der Waals surface area (Å²) < 4.78 is 10.6. The molecule has 0 radical (unpaired) electrons. The molecule has 0 aliphatic carbocycles. The summed E-state index contributed by atoms with van der Waals surface area (Å²) in [5.74, 6) is -0.547. The van der Waals surface area contributed by atoms with Crippen LogP contribution < -0.4 is 14.8 Å². The number of nitrogens with zero attached hydrogens (tertiary/aromatic N) is 1. The summed E-state index contributed by atoms with van der Waals surface area (Å²) in [6.07, 6.45) is 4.39. The fraction of sp³-hybridized carbons (Fsp3) is 0.550. The van der Waals surface area contributed by atoms with Crippen LogP contribution in [0.15, 0.2) is 18.2 Å². The van der Waals surface area contributed by atoms with Crippen molar-refractivity contribution in [2.75, 3.05) is 32.8 Å². The number of likely N-dealkylation sites (tertiary alicyclic amines) is 1.